The van der Waals surface area contributed by atoms with Gasteiger partial charge in [-0.25, -0.2) is 4.79 Å². The summed E-state index contributed by atoms with van der Waals surface area (Å²) >= 11 is 5.72. The molecule has 29 heavy (non-hydrogen) atoms. The Morgan fingerprint density at radius 2 is 2.03 bits per heavy atom. The summed E-state index contributed by atoms with van der Waals surface area (Å²) < 4.78 is 11.4. The van der Waals surface area contributed by atoms with Crippen LogP contribution in [0.2, 0.25) is 0 Å². The standard InChI is InChI=1S/C23H33ClO5/c1-4-29-23(20(27)28-13-24)10-8-17-16-6-5-14-11-15(25)7-9-21(14,2)19(16)18(26)12-22(17,23)3/h11,16-19,26H,4-10,12-13H2,1-3H3/t16-,17-,18-,19+,21-,22-,23-/m0/s1. The molecule has 5 nitrogen and oxygen atoms in total. The number of ketones is 1. The predicted octanol–water partition coefficient (Wildman–Crippen LogP) is 4.00. The molecule has 1 N–H and O–H groups in total. The molecule has 162 valence electrons. The fourth-order valence-electron chi connectivity index (χ4n) is 7.72. The van der Waals surface area contributed by atoms with E-state index in [4.69, 9.17) is 21.1 Å². The van der Waals surface area contributed by atoms with Crippen molar-refractivity contribution in [3.05, 3.63) is 11.6 Å². The fourth-order valence-corrected chi connectivity index (χ4v) is 7.82. The molecular formula is C23H33ClO5. The number of halogens is 1. The highest BCUT2D eigenvalue weighted by Gasteiger charge is 2.70. The first-order valence-corrected chi connectivity index (χ1v) is 11.6. The summed E-state index contributed by atoms with van der Waals surface area (Å²) in [6, 6.07) is -0.191. The lowest BCUT2D eigenvalue weighted by atomic mass is 9.45. The van der Waals surface area contributed by atoms with Crippen molar-refractivity contribution in [2.24, 2.45) is 28.6 Å². The second-order valence-corrected chi connectivity index (χ2v) is 10.1. The Labute approximate surface area is 178 Å². The zero-order valence-electron chi connectivity index (χ0n) is 17.7. The lowest BCUT2D eigenvalue weighted by Crippen LogP contribution is -2.62. The van der Waals surface area contributed by atoms with Gasteiger partial charge in [0.1, 0.15) is 0 Å². The number of aliphatic hydroxyl groups excluding tert-OH is 1. The molecule has 3 saturated carbocycles. The van der Waals surface area contributed by atoms with Gasteiger partial charge >= 0.3 is 5.97 Å². The fraction of sp³-hybridized carbons (Fsp3) is 0.826. The molecule has 0 aromatic rings. The molecule has 0 aliphatic heterocycles. The topological polar surface area (TPSA) is 72.8 Å². The summed E-state index contributed by atoms with van der Waals surface area (Å²) in [5, 5.41) is 11.5. The van der Waals surface area contributed by atoms with Gasteiger partial charge in [0, 0.05) is 18.4 Å². The second kappa shape index (κ2) is 7.35. The third kappa shape index (κ3) is 2.87. The predicted molar refractivity (Wildman–Crippen MR) is 109 cm³/mol. The molecule has 3 fully saturated rings. The highest BCUT2D eigenvalue weighted by atomic mass is 35.5. The van der Waals surface area contributed by atoms with E-state index in [1.165, 1.54) is 5.57 Å². The molecular weight excluding hydrogens is 392 g/mol. The maximum absolute atomic E-state index is 13.1. The van der Waals surface area contributed by atoms with Gasteiger partial charge in [-0.1, -0.05) is 31.0 Å². The van der Waals surface area contributed by atoms with E-state index >= 15 is 0 Å². The number of hydrogen-bond acceptors (Lipinski definition) is 5. The van der Waals surface area contributed by atoms with Crippen LogP contribution in [-0.2, 0) is 19.1 Å². The van der Waals surface area contributed by atoms with Gasteiger partial charge in [-0.3, -0.25) is 4.79 Å². The van der Waals surface area contributed by atoms with E-state index in [0.29, 0.717) is 31.8 Å². The summed E-state index contributed by atoms with van der Waals surface area (Å²) in [5.74, 6) is 0.531. The van der Waals surface area contributed by atoms with Gasteiger partial charge in [-0.05, 0) is 74.7 Å². The van der Waals surface area contributed by atoms with Crippen LogP contribution in [0.15, 0.2) is 11.6 Å². The number of alkyl halides is 1. The number of aliphatic hydroxyl groups is 1. The number of fused-ring (bicyclic) bond motifs is 5. The normalized spacial score (nSPS) is 46.4. The highest BCUT2D eigenvalue weighted by Crippen LogP contribution is 2.68. The van der Waals surface area contributed by atoms with Crippen molar-refractivity contribution in [1.29, 1.82) is 0 Å². The van der Waals surface area contributed by atoms with E-state index in [1.807, 2.05) is 13.0 Å². The molecule has 0 radical (unpaired) electrons. The zero-order valence-corrected chi connectivity index (χ0v) is 18.5. The van der Waals surface area contributed by atoms with E-state index < -0.39 is 23.1 Å². The number of ether oxygens (including phenoxy) is 2. The summed E-state index contributed by atoms with van der Waals surface area (Å²) in [7, 11) is 0. The van der Waals surface area contributed by atoms with Crippen molar-refractivity contribution in [1.82, 2.24) is 0 Å². The maximum Gasteiger partial charge on any atom is 0.340 e. The minimum atomic E-state index is -1.05. The summed E-state index contributed by atoms with van der Waals surface area (Å²) in [6.07, 6.45) is 6.52. The van der Waals surface area contributed by atoms with E-state index in [0.717, 1.165) is 25.7 Å². The highest BCUT2D eigenvalue weighted by molar-refractivity contribution is 6.17. The molecule has 0 bridgehead atoms. The third-order valence-corrected chi connectivity index (χ3v) is 9.03. The first-order chi connectivity index (χ1) is 13.7. The van der Waals surface area contributed by atoms with Gasteiger partial charge in [0.2, 0.25) is 0 Å². The first-order valence-electron chi connectivity index (χ1n) is 11.0. The number of rotatable bonds is 4. The molecule has 0 aromatic carbocycles. The van der Waals surface area contributed by atoms with Crippen LogP contribution in [-0.4, -0.2) is 41.2 Å². The molecule has 0 heterocycles. The Hall–Kier alpha value is -0.910. The Bertz CT molecular complexity index is 735. The minimum Gasteiger partial charge on any atom is -0.447 e. The summed E-state index contributed by atoms with van der Waals surface area (Å²) in [4.78, 5) is 25.1. The van der Waals surface area contributed by atoms with Crippen LogP contribution in [0.5, 0.6) is 0 Å². The average Bonchev–Trinajstić information content (AvgIpc) is 2.95. The van der Waals surface area contributed by atoms with Gasteiger partial charge in [0.05, 0.1) is 6.10 Å². The number of carbonyl (C=O) groups excluding carboxylic acids is 2. The van der Waals surface area contributed by atoms with E-state index in [9.17, 15) is 14.7 Å². The lowest BCUT2D eigenvalue weighted by molar-refractivity contribution is -0.210. The minimum absolute atomic E-state index is 0.121. The molecule has 0 amide bonds. The quantitative estimate of drug-likeness (QED) is 0.545. The average molecular weight is 425 g/mol. The van der Waals surface area contributed by atoms with Crippen molar-refractivity contribution in [2.45, 2.75) is 77.4 Å². The first kappa shape index (κ1) is 21.3. The van der Waals surface area contributed by atoms with Gasteiger partial charge < -0.3 is 14.6 Å². The van der Waals surface area contributed by atoms with Crippen LogP contribution in [0.3, 0.4) is 0 Å². The maximum atomic E-state index is 13.1. The van der Waals surface area contributed by atoms with Crippen LogP contribution < -0.4 is 0 Å². The monoisotopic (exact) mass is 424 g/mol. The molecule has 7 atom stereocenters. The summed E-state index contributed by atoms with van der Waals surface area (Å²) in [5.41, 5.74) is -0.458. The van der Waals surface area contributed by atoms with Crippen molar-refractivity contribution < 1.29 is 24.2 Å². The van der Waals surface area contributed by atoms with E-state index in [1.54, 1.807) is 0 Å². The van der Waals surface area contributed by atoms with Gasteiger partial charge in [0.25, 0.3) is 0 Å². The van der Waals surface area contributed by atoms with Crippen molar-refractivity contribution >= 4 is 23.4 Å². The molecule has 0 unspecified atom stereocenters. The molecule has 4 aliphatic rings. The van der Waals surface area contributed by atoms with Crippen molar-refractivity contribution in [3.63, 3.8) is 0 Å². The second-order valence-electron chi connectivity index (χ2n) is 9.92. The zero-order chi connectivity index (χ0) is 21.0. The van der Waals surface area contributed by atoms with E-state index in [2.05, 4.69) is 13.8 Å². The molecule has 0 saturated heterocycles. The molecule has 0 aromatic heterocycles. The Morgan fingerprint density at radius 1 is 1.28 bits per heavy atom. The smallest absolute Gasteiger partial charge is 0.340 e. The Balaban J connectivity index is 1.73. The Kier molecular flexibility index (Phi) is 5.40. The van der Waals surface area contributed by atoms with Crippen LogP contribution in [0.25, 0.3) is 0 Å². The van der Waals surface area contributed by atoms with Gasteiger partial charge in [-0.15, -0.1) is 0 Å². The SMILES string of the molecule is CCO[C@]1(C(=O)OCCl)CC[C@H]2[C@@H]3CCC4=CC(=O)CC[C@]4(C)[C@H]3[C@@H](O)C[C@@]21C. The molecule has 0 spiro atoms. The number of carbonyl (C=O) groups is 2. The van der Waals surface area contributed by atoms with Crippen molar-refractivity contribution in [3.8, 4) is 0 Å². The molecule has 4 aliphatic carbocycles. The molecule has 4 rings (SSSR count). The van der Waals surface area contributed by atoms with Crippen LogP contribution in [0.1, 0.15) is 65.7 Å². The molecule has 6 heteroatoms. The van der Waals surface area contributed by atoms with Crippen molar-refractivity contribution in [2.75, 3.05) is 12.7 Å². The third-order valence-electron chi connectivity index (χ3n) is 8.92. The van der Waals surface area contributed by atoms with Gasteiger partial charge in [-0.2, -0.15) is 0 Å². The number of esters is 1. The van der Waals surface area contributed by atoms with Crippen LogP contribution >= 0.6 is 11.6 Å². The van der Waals surface area contributed by atoms with Crippen LogP contribution in [0.4, 0.5) is 0 Å². The Morgan fingerprint density at radius 3 is 2.72 bits per heavy atom. The summed E-state index contributed by atoms with van der Waals surface area (Å²) in [6.45, 7) is 6.65. The largest absolute Gasteiger partial charge is 0.447 e. The van der Waals surface area contributed by atoms with Gasteiger partial charge in [0.15, 0.2) is 17.5 Å². The number of allylic oxidation sites excluding steroid dienone is 1. The lowest BCUT2D eigenvalue weighted by Gasteiger charge is -2.60. The van der Waals surface area contributed by atoms with E-state index in [-0.39, 0.29) is 29.1 Å². The number of hydrogen-bond donors (Lipinski definition) is 1. The van der Waals surface area contributed by atoms with Crippen LogP contribution in [0, 0.1) is 28.6 Å².